The maximum absolute atomic E-state index is 12.6. The second-order valence-electron chi connectivity index (χ2n) is 7.84. The molecule has 0 aliphatic rings. The number of aryl methyl sites for hydroxylation is 3. The lowest BCUT2D eigenvalue weighted by atomic mass is 10.0. The summed E-state index contributed by atoms with van der Waals surface area (Å²) in [6.45, 7) is 9.14. The fourth-order valence-corrected chi connectivity index (χ4v) is 5.51. The first kappa shape index (κ1) is 23.3. The predicted octanol–water partition coefficient (Wildman–Crippen LogP) is 6.60. The Kier molecular flexibility index (Phi) is 7.30. The Morgan fingerprint density at radius 2 is 1.82 bits per heavy atom. The number of benzene rings is 2. The van der Waals surface area contributed by atoms with Crippen LogP contribution >= 0.6 is 23.1 Å². The number of carbonyl (C=O) groups excluding carboxylic acids is 1. The number of hydrogen-bond acceptors (Lipinski definition) is 5. The standard InChI is InChI=1S/C26H28N4OS2/c1-5-19-9-7-8-10-22(19)27-23(31)16-33-26-29-28-25(30(26)6-2)21-15-32-18(4)24(21)20-13-11-17(3)12-14-20/h7-15H,5-6,16H2,1-4H3,(H,27,31). The van der Waals surface area contributed by atoms with Crippen molar-refractivity contribution >= 4 is 34.7 Å². The minimum Gasteiger partial charge on any atom is -0.325 e. The summed E-state index contributed by atoms with van der Waals surface area (Å²) in [5.41, 5.74) is 6.72. The molecule has 5 nitrogen and oxygen atoms in total. The smallest absolute Gasteiger partial charge is 0.234 e. The Morgan fingerprint density at radius 1 is 1.06 bits per heavy atom. The molecule has 0 unspecified atom stereocenters. The third-order valence-corrected chi connectivity index (χ3v) is 7.47. The number of aromatic nitrogens is 3. The van der Waals surface area contributed by atoms with Crippen molar-refractivity contribution in [3.8, 4) is 22.5 Å². The summed E-state index contributed by atoms with van der Waals surface area (Å²) in [6.07, 6.45) is 0.875. The lowest BCUT2D eigenvalue weighted by molar-refractivity contribution is -0.113. The monoisotopic (exact) mass is 476 g/mol. The Balaban J connectivity index is 1.55. The molecule has 0 radical (unpaired) electrons. The predicted molar refractivity (Wildman–Crippen MR) is 139 cm³/mol. The third-order valence-electron chi connectivity index (χ3n) is 5.59. The zero-order valence-corrected chi connectivity index (χ0v) is 21.0. The van der Waals surface area contributed by atoms with Crippen molar-refractivity contribution in [1.29, 1.82) is 0 Å². The van der Waals surface area contributed by atoms with E-state index in [0.29, 0.717) is 0 Å². The van der Waals surface area contributed by atoms with Gasteiger partial charge in [-0.2, -0.15) is 0 Å². The Bertz CT molecular complexity index is 1260. The maximum Gasteiger partial charge on any atom is 0.234 e. The molecule has 7 heteroatoms. The number of para-hydroxylation sites is 1. The lowest BCUT2D eigenvalue weighted by Crippen LogP contribution is -2.15. The number of rotatable bonds is 8. The van der Waals surface area contributed by atoms with Crippen LogP contribution in [0.25, 0.3) is 22.5 Å². The van der Waals surface area contributed by atoms with E-state index in [1.165, 1.54) is 33.3 Å². The molecule has 0 bridgehead atoms. The maximum atomic E-state index is 12.6. The summed E-state index contributed by atoms with van der Waals surface area (Å²) in [5.74, 6) is 1.08. The van der Waals surface area contributed by atoms with Crippen molar-refractivity contribution in [1.82, 2.24) is 14.8 Å². The Hall–Kier alpha value is -2.90. The van der Waals surface area contributed by atoms with Gasteiger partial charge in [-0.3, -0.25) is 4.79 Å². The second kappa shape index (κ2) is 10.4. The molecule has 1 N–H and O–H groups in total. The van der Waals surface area contributed by atoms with E-state index in [9.17, 15) is 4.79 Å². The minimum atomic E-state index is -0.0418. The Morgan fingerprint density at radius 3 is 2.55 bits per heavy atom. The number of hydrogen-bond donors (Lipinski definition) is 1. The van der Waals surface area contributed by atoms with E-state index < -0.39 is 0 Å². The van der Waals surface area contributed by atoms with Crippen LogP contribution in [0.15, 0.2) is 59.1 Å². The van der Waals surface area contributed by atoms with Gasteiger partial charge in [0.05, 0.1) is 5.75 Å². The van der Waals surface area contributed by atoms with E-state index >= 15 is 0 Å². The quantitative estimate of drug-likeness (QED) is 0.291. The fourth-order valence-electron chi connectivity index (χ4n) is 3.85. The zero-order valence-electron chi connectivity index (χ0n) is 19.4. The van der Waals surface area contributed by atoms with Crippen LogP contribution < -0.4 is 5.32 Å². The highest BCUT2D eigenvalue weighted by Crippen LogP contribution is 2.39. The first-order valence-corrected chi connectivity index (χ1v) is 13.0. The summed E-state index contributed by atoms with van der Waals surface area (Å²) >= 11 is 3.14. The van der Waals surface area contributed by atoms with Crippen molar-refractivity contribution in [2.24, 2.45) is 0 Å². The highest BCUT2D eigenvalue weighted by atomic mass is 32.2. The highest BCUT2D eigenvalue weighted by molar-refractivity contribution is 7.99. The molecule has 4 rings (SSSR count). The summed E-state index contributed by atoms with van der Waals surface area (Å²) < 4.78 is 2.09. The van der Waals surface area contributed by atoms with Crippen LogP contribution in [0.5, 0.6) is 0 Å². The summed E-state index contributed by atoms with van der Waals surface area (Å²) in [4.78, 5) is 13.9. The first-order valence-electron chi connectivity index (χ1n) is 11.1. The van der Waals surface area contributed by atoms with Crippen molar-refractivity contribution in [2.75, 3.05) is 11.1 Å². The molecule has 2 aromatic carbocycles. The number of anilines is 1. The number of carbonyl (C=O) groups is 1. The molecular formula is C26H28N4OS2. The molecule has 0 saturated carbocycles. The largest absolute Gasteiger partial charge is 0.325 e. The van der Waals surface area contributed by atoms with Crippen molar-refractivity contribution < 1.29 is 4.79 Å². The molecule has 0 aliphatic heterocycles. The van der Waals surface area contributed by atoms with Gasteiger partial charge in [0.2, 0.25) is 5.91 Å². The lowest BCUT2D eigenvalue weighted by Gasteiger charge is -2.11. The second-order valence-corrected chi connectivity index (χ2v) is 9.87. The van der Waals surface area contributed by atoms with E-state index in [1.807, 2.05) is 24.3 Å². The van der Waals surface area contributed by atoms with Gasteiger partial charge in [0.25, 0.3) is 0 Å². The molecule has 2 heterocycles. The van der Waals surface area contributed by atoms with Gasteiger partial charge >= 0.3 is 0 Å². The zero-order chi connectivity index (χ0) is 23.4. The van der Waals surface area contributed by atoms with E-state index in [0.717, 1.165) is 40.8 Å². The summed E-state index contributed by atoms with van der Waals surface area (Å²) in [7, 11) is 0. The van der Waals surface area contributed by atoms with Gasteiger partial charge in [0.15, 0.2) is 11.0 Å². The van der Waals surface area contributed by atoms with Crippen molar-refractivity contribution in [2.45, 2.75) is 45.8 Å². The molecule has 0 fully saturated rings. The van der Waals surface area contributed by atoms with Gasteiger partial charge in [-0.1, -0.05) is 66.7 Å². The van der Waals surface area contributed by atoms with Crippen LogP contribution in [0.2, 0.25) is 0 Å². The first-order chi connectivity index (χ1) is 16.0. The molecule has 2 aromatic heterocycles. The Labute approximate surface area is 203 Å². The highest BCUT2D eigenvalue weighted by Gasteiger charge is 2.20. The summed E-state index contributed by atoms with van der Waals surface area (Å²) in [5, 5.41) is 14.9. The van der Waals surface area contributed by atoms with E-state index in [-0.39, 0.29) is 11.7 Å². The van der Waals surface area contributed by atoms with E-state index in [1.54, 1.807) is 11.3 Å². The van der Waals surface area contributed by atoms with Gasteiger partial charge in [-0.25, -0.2) is 0 Å². The molecule has 4 aromatic rings. The number of amides is 1. The average Bonchev–Trinajstić information content (AvgIpc) is 3.41. The van der Waals surface area contributed by atoms with Crippen LogP contribution in [-0.4, -0.2) is 26.4 Å². The topological polar surface area (TPSA) is 59.8 Å². The average molecular weight is 477 g/mol. The van der Waals surface area contributed by atoms with Crippen molar-refractivity contribution in [3.05, 3.63) is 69.9 Å². The van der Waals surface area contributed by atoms with Crippen molar-refractivity contribution in [3.63, 3.8) is 0 Å². The number of thioether (sulfide) groups is 1. The fraction of sp³-hybridized carbons (Fsp3) is 0.269. The summed E-state index contributed by atoms with van der Waals surface area (Å²) in [6, 6.07) is 16.5. The van der Waals surface area contributed by atoms with Crippen LogP contribution in [0.4, 0.5) is 5.69 Å². The van der Waals surface area contributed by atoms with Crippen LogP contribution in [-0.2, 0) is 17.8 Å². The molecule has 170 valence electrons. The number of nitrogens with zero attached hydrogens (tertiary/aromatic N) is 3. The van der Waals surface area contributed by atoms with E-state index in [2.05, 4.69) is 77.4 Å². The normalized spacial score (nSPS) is 11.0. The van der Waals surface area contributed by atoms with Crippen LogP contribution in [0, 0.1) is 13.8 Å². The van der Waals surface area contributed by atoms with Gasteiger partial charge in [0.1, 0.15) is 0 Å². The molecule has 0 spiro atoms. The van der Waals surface area contributed by atoms with Gasteiger partial charge in [-0.15, -0.1) is 21.5 Å². The number of nitrogens with one attached hydrogen (secondary N) is 1. The van der Waals surface area contributed by atoms with Gasteiger partial charge < -0.3 is 9.88 Å². The molecule has 1 amide bonds. The third kappa shape index (κ3) is 5.04. The molecule has 0 saturated heterocycles. The minimum absolute atomic E-state index is 0.0418. The SMILES string of the molecule is CCc1ccccc1NC(=O)CSc1nnc(-c2csc(C)c2-c2ccc(C)cc2)n1CC. The van der Waals surface area contributed by atoms with Crippen LogP contribution in [0.1, 0.15) is 29.9 Å². The molecular weight excluding hydrogens is 448 g/mol. The number of thiophene rings is 1. The van der Waals surface area contributed by atoms with Gasteiger partial charge in [0, 0.05) is 33.6 Å². The molecule has 33 heavy (non-hydrogen) atoms. The van der Waals surface area contributed by atoms with Gasteiger partial charge in [-0.05, 0) is 44.4 Å². The van der Waals surface area contributed by atoms with E-state index in [4.69, 9.17) is 0 Å². The van der Waals surface area contributed by atoms with Crippen LogP contribution in [0.3, 0.4) is 0 Å². The molecule has 0 aliphatic carbocycles. The molecule has 0 atom stereocenters.